The van der Waals surface area contributed by atoms with Crippen LogP contribution in [-0.4, -0.2) is 37.4 Å². The fourth-order valence-electron chi connectivity index (χ4n) is 5.48. The lowest BCUT2D eigenvalue weighted by Crippen LogP contribution is -2.43. The first kappa shape index (κ1) is 24.8. The predicted molar refractivity (Wildman–Crippen MR) is 146 cm³/mol. The molecule has 0 aliphatic heterocycles. The molecule has 37 heavy (non-hydrogen) atoms. The van der Waals surface area contributed by atoms with Gasteiger partial charge in [-0.15, -0.1) is 5.10 Å². The van der Waals surface area contributed by atoms with Gasteiger partial charge in [-0.25, -0.2) is 9.48 Å². The average Bonchev–Trinajstić information content (AvgIpc) is 3.47. The van der Waals surface area contributed by atoms with Gasteiger partial charge in [0.2, 0.25) is 5.91 Å². The molecule has 7 nitrogen and oxygen atoms in total. The monoisotopic (exact) mass is 498 g/mol. The molecule has 0 bridgehead atoms. The zero-order valence-corrected chi connectivity index (χ0v) is 21.9. The number of nitrogens with zero attached hydrogens (tertiary/aromatic N) is 4. The Bertz CT molecular complexity index is 1440. The molecule has 1 aliphatic rings. The molecule has 1 aliphatic carbocycles. The number of anilines is 1. The summed E-state index contributed by atoms with van der Waals surface area (Å²) in [7, 11) is 2.05. The van der Waals surface area contributed by atoms with Gasteiger partial charge in [-0.1, -0.05) is 37.3 Å². The van der Waals surface area contributed by atoms with Gasteiger partial charge in [-0.3, -0.25) is 9.69 Å². The minimum absolute atomic E-state index is 0.0271. The number of hydrogen-bond acceptors (Lipinski definition) is 3. The Hall–Kier alpha value is -3.87. The van der Waals surface area contributed by atoms with E-state index < -0.39 is 5.97 Å². The van der Waals surface area contributed by atoms with E-state index in [2.05, 4.69) is 41.8 Å². The number of benzene rings is 2. The van der Waals surface area contributed by atoms with E-state index in [1.165, 1.54) is 11.6 Å². The Kier molecular flexibility index (Phi) is 6.63. The summed E-state index contributed by atoms with van der Waals surface area (Å²) >= 11 is 0. The number of hydrogen-bond donors (Lipinski definition) is 1. The zero-order valence-electron chi connectivity index (χ0n) is 21.9. The van der Waals surface area contributed by atoms with Crippen molar-refractivity contribution in [2.24, 2.45) is 18.9 Å². The van der Waals surface area contributed by atoms with Crippen LogP contribution in [0, 0.1) is 11.8 Å². The second-order valence-electron chi connectivity index (χ2n) is 10.6. The largest absolute Gasteiger partial charge is 0.477 e. The molecule has 192 valence electrons. The van der Waals surface area contributed by atoms with Crippen molar-refractivity contribution in [1.82, 2.24) is 14.3 Å². The van der Waals surface area contributed by atoms with E-state index in [4.69, 9.17) is 0 Å². The van der Waals surface area contributed by atoms with Gasteiger partial charge >= 0.3 is 5.97 Å². The van der Waals surface area contributed by atoms with Gasteiger partial charge in [0.25, 0.3) is 0 Å². The van der Waals surface area contributed by atoms with Crippen molar-refractivity contribution < 1.29 is 14.7 Å². The van der Waals surface area contributed by atoms with Gasteiger partial charge in [0.05, 0.1) is 5.69 Å². The number of carbonyl (C=O) groups is 2. The van der Waals surface area contributed by atoms with E-state index in [9.17, 15) is 14.7 Å². The lowest BCUT2D eigenvalue weighted by atomic mass is 9.82. The molecule has 0 spiro atoms. The lowest BCUT2D eigenvalue weighted by molar-refractivity contribution is -0.124. The molecule has 5 rings (SSSR count). The van der Waals surface area contributed by atoms with Gasteiger partial charge < -0.3 is 9.67 Å². The molecule has 4 aromatic rings. The van der Waals surface area contributed by atoms with Crippen LogP contribution in [0.4, 0.5) is 5.82 Å². The normalized spacial score (nSPS) is 17.9. The molecule has 0 atom stereocenters. The number of carbonyl (C=O) groups excluding carboxylic acids is 1. The lowest BCUT2D eigenvalue weighted by Gasteiger charge is -2.32. The van der Waals surface area contributed by atoms with E-state index in [-0.39, 0.29) is 29.2 Å². The molecule has 0 saturated heterocycles. The topological polar surface area (TPSA) is 80.4 Å². The summed E-state index contributed by atoms with van der Waals surface area (Å²) in [4.78, 5) is 27.3. The SMILES string of the molecule is CC1CCC(C(=O)N(c2nn(-c3ccc(-c4cc5ccccc5n4C)cc3)cc2C(=O)O)C(C)C)CC1. The maximum atomic E-state index is 13.6. The minimum atomic E-state index is -1.09. The van der Waals surface area contributed by atoms with E-state index in [0.29, 0.717) is 5.92 Å². The highest BCUT2D eigenvalue weighted by molar-refractivity contribution is 6.01. The first-order valence-electron chi connectivity index (χ1n) is 13.1. The first-order chi connectivity index (χ1) is 17.7. The number of rotatable bonds is 6. The Morgan fingerprint density at radius 2 is 1.70 bits per heavy atom. The van der Waals surface area contributed by atoms with Crippen LogP contribution in [0.2, 0.25) is 0 Å². The van der Waals surface area contributed by atoms with E-state index in [0.717, 1.165) is 48.1 Å². The summed E-state index contributed by atoms with van der Waals surface area (Å²) in [5.74, 6) is -0.374. The van der Waals surface area contributed by atoms with Crippen molar-refractivity contribution in [3.63, 3.8) is 0 Å². The molecular formula is C30H34N4O3. The highest BCUT2D eigenvalue weighted by atomic mass is 16.4. The quantitative estimate of drug-likeness (QED) is 0.338. The standard InChI is InChI=1S/C30H34N4O3/c1-19(2)34(29(35)22-11-9-20(3)10-12-22)28-25(30(36)37)18-33(31-28)24-15-13-21(14-16-24)27-17-23-7-5-6-8-26(23)32(27)4/h5-8,13-20,22H,9-12H2,1-4H3,(H,36,37). The fraction of sp³-hybridized carbons (Fsp3) is 0.367. The molecule has 2 aromatic carbocycles. The number of para-hydroxylation sites is 1. The van der Waals surface area contributed by atoms with Crippen molar-refractivity contribution in [1.29, 1.82) is 0 Å². The number of amides is 1. The molecule has 7 heteroatoms. The van der Waals surface area contributed by atoms with Crippen LogP contribution in [0.15, 0.2) is 60.8 Å². The number of carboxylic acid groups (broad SMARTS) is 1. The fourth-order valence-corrected chi connectivity index (χ4v) is 5.48. The highest BCUT2D eigenvalue weighted by Crippen LogP contribution is 2.33. The summed E-state index contributed by atoms with van der Waals surface area (Å²) < 4.78 is 3.73. The van der Waals surface area contributed by atoms with Crippen molar-refractivity contribution >= 4 is 28.6 Å². The number of aromatic nitrogens is 3. The van der Waals surface area contributed by atoms with Crippen molar-refractivity contribution in [2.45, 2.75) is 52.5 Å². The average molecular weight is 499 g/mol. The van der Waals surface area contributed by atoms with E-state index >= 15 is 0 Å². The summed E-state index contributed by atoms with van der Waals surface area (Å²) in [6, 6.07) is 18.1. The second-order valence-corrected chi connectivity index (χ2v) is 10.6. The molecule has 1 amide bonds. The number of aryl methyl sites for hydroxylation is 1. The predicted octanol–water partition coefficient (Wildman–Crippen LogP) is 6.30. The number of fused-ring (bicyclic) bond motifs is 1. The number of aromatic carboxylic acids is 1. The maximum Gasteiger partial charge on any atom is 0.341 e. The van der Waals surface area contributed by atoms with Gasteiger partial charge in [-0.05, 0) is 75.3 Å². The Morgan fingerprint density at radius 1 is 1.03 bits per heavy atom. The third-order valence-corrected chi connectivity index (χ3v) is 7.65. The highest BCUT2D eigenvalue weighted by Gasteiger charge is 2.34. The van der Waals surface area contributed by atoms with Crippen LogP contribution in [-0.2, 0) is 11.8 Å². The van der Waals surface area contributed by atoms with Crippen LogP contribution in [0.1, 0.15) is 56.8 Å². The summed E-state index contributed by atoms with van der Waals surface area (Å²) in [5, 5.41) is 15.8. The molecular weight excluding hydrogens is 464 g/mol. The molecule has 0 radical (unpaired) electrons. The van der Waals surface area contributed by atoms with Crippen LogP contribution >= 0.6 is 0 Å². The molecule has 2 heterocycles. The molecule has 1 N–H and O–H groups in total. The second kappa shape index (κ2) is 9.88. The van der Waals surface area contributed by atoms with Gasteiger partial charge in [0.15, 0.2) is 5.82 Å². The molecule has 1 fully saturated rings. The van der Waals surface area contributed by atoms with Gasteiger partial charge in [-0.2, -0.15) is 0 Å². The Labute approximate surface area is 217 Å². The summed E-state index contributed by atoms with van der Waals surface area (Å²) in [6.07, 6.45) is 5.22. The third-order valence-electron chi connectivity index (χ3n) is 7.65. The van der Waals surface area contributed by atoms with Crippen molar-refractivity contribution in [3.8, 4) is 16.9 Å². The Balaban J connectivity index is 1.48. The summed E-state index contributed by atoms with van der Waals surface area (Å²) in [6.45, 7) is 6.04. The maximum absolute atomic E-state index is 13.6. The third kappa shape index (κ3) is 4.66. The Morgan fingerprint density at radius 3 is 2.32 bits per heavy atom. The summed E-state index contributed by atoms with van der Waals surface area (Å²) in [5.41, 5.74) is 4.08. The molecule has 2 aromatic heterocycles. The van der Waals surface area contributed by atoms with Crippen molar-refractivity contribution in [2.75, 3.05) is 4.90 Å². The molecule has 0 unspecified atom stereocenters. The van der Waals surface area contributed by atoms with Gasteiger partial charge in [0, 0.05) is 41.8 Å². The van der Waals surface area contributed by atoms with Crippen LogP contribution < -0.4 is 4.90 Å². The van der Waals surface area contributed by atoms with Crippen LogP contribution in [0.25, 0.3) is 27.8 Å². The van der Waals surface area contributed by atoms with E-state index in [1.54, 1.807) is 9.58 Å². The molecule has 1 saturated carbocycles. The smallest absolute Gasteiger partial charge is 0.341 e. The zero-order chi connectivity index (χ0) is 26.3. The van der Waals surface area contributed by atoms with Gasteiger partial charge in [0.1, 0.15) is 5.56 Å². The number of carboxylic acids is 1. The van der Waals surface area contributed by atoms with Crippen LogP contribution in [0.5, 0.6) is 0 Å². The van der Waals surface area contributed by atoms with Crippen LogP contribution in [0.3, 0.4) is 0 Å². The van der Waals surface area contributed by atoms with E-state index in [1.807, 2.05) is 50.2 Å². The first-order valence-corrected chi connectivity index (χ1v) is 13.1. The minimum Gasteiger partial charge on any atom is -0.477 e. The van der Waals surface area contributed by atoms with Crippen molar-refractivity contribution in [3.05, 3.63) is 66.4 Å².